The maximum atomic E-state index is 14.6. The highest BCUT2D eigenvalue weighted by Gasteiger charge is 2.26. The van der Waals surface area contributed by atoms with Crippen molar-refractivity contribution in [1.29, 1.82) is 0 Å². The second-order valence-electron chi connectivity index (χ2n) is 8.74. The largest absolute Gasteiger partial charge is 0.494 e. The summed E-state index contributed by atoms with van der Waals surface area (Å²) in [4.78, 5) is 13.5. The van der Waals surface area contributed by atoms with Gasteiger partial charge in [-0.05, 0) is 37.6 Å². The molecule has 2 aromatic carbocycles. The average molecular weight is 518 g/mol. The smallest absolute Gasteiger partial charge is 0.251 e. The van der Waals surface area contributed by atoms with Crippen molar-refractivity contribution in [2.45, 2.75) is 33.6 Å². The molecule has 3 heterocycles. The SMILES string of the molecule is CCOc1cc(F)c(CNc2ccccc2C(=[NH2+])c2nc3c(c(Nc4ccncc4C)n2)COC3)c(F)c1. The molecular weight excluding hydrogens is 490 g/mol. The number of para-hydroxylation sites is 1. The summed E-state index contributed by atoms with van der Waals surface area (Å²) in [7, 11) is 0. The Morgan fingerprint density at radius 2 is 1.87 bits per heavy atom. The van der Waals surface area contributed by atoms with Crippen LogP contribution in [0.2, 0.25) is 0 Å². The molecule has 194 valence electrons. The van der Waals surface area contributed by atoms with Crippen LogP contribution in [0.3, 0.4) is 0 Å². The quantitative estimate of drug-likeness (QED) is 0.290. The third-order valence-electron chi connectivity index (χ3n) is 6.19. The van der Waals surface area contributed by atoms with Gasteiger partial charge in [0.25, 0.3) is 5.71 Å². The van der Waals surface area contributed by atoms with Gasteiger partial charge in [0, 0.05) is 53.6 Å². The van der Waals surface area contributed by atoms with Crippen molar-refractivity contribution in [2.75, 3.05) is 17.2 Å². The molecule has 0 amide bonds. The van der Waals surface area contributed by atoms with E-state index < -0.39 is 11.6 Å². The van der Waals surface area contributed by atoms with Crippen molar-refractivity contribution in [2.24, 2.45) is 0 Å². The molecule has 1 aliphatic heterocycles. The van der Waals surface area contributed by atoms with Crippen LogP contribution >= 0.6 is 0 Å². The van der Waals surface area contributed by atoms with Crippen molar-refractivity contribution in [3.8, 4) is 5.75 Å². The van der Waals surface area contributed by atoms with Crippen LogP contribution in [-0.4, -0.2) is 27.3 Å². The van der Waals surface area contributed by atoms with E-state index in [1.807, 2.05) is 19.1 Å². The van der Waals surface area contributed by atoms with Crippen LogP contribution < -0.4 is 20.8 Å². The first-order valence-corrected chi connectivity index (χ1v) is 12.2. The van der Waals surface area contributed by atoms with Crippen molar-refractivity contribution < 1.29 is 23.7 Å². The molecule has 0 atom stereocenters. The fourth-order valence-electron chi connectivity index (χ4n) is 4.19. The summed E-state index contributed by atoms with van der Waals surface area (Å²) in [6.07, 6.45) is 3.46. The van der Waals surface area contributed by atoms with Crippen molar-refractivity contribution in [1.82, 2.24) is 15.0 Å². The Labute approximate surface area is 218 Å². The van der Waals surface area contributed by atoms with Crippen LogP contribution in [0.1, 0.15) is 40.7 Å². The summed E-state index contributed by atoms with van der Waals surface area (Å²) in [5, 5.41) is 13.1. The van der Waals surface area contributed by atoms with E-state index in [1.54, 1.807) is 37.5 Å². The molecular formula is C28H27F2N6O2+. The number of nitrogens with zero attached hydrogens (tertiary/aromatic N) is 3. The highest BCUT2D eigenvalue weighted by atomic mass is 19.1. The van der Waals surface area contributed by atoms with Crippen LogP contribution in [-0.2, 0) is 24.5 Å². The third-order valence-corrected chi connectivity index (χ3v) is 6.19. The molecule has 0 saturated heterocycles. The number of hydrogen-bond acceptors (Lipinski definition) is 7. The number of nitrogens with two attached hydrogens (primary N) is 1. The monoisotopic (exact) mass is 517 g/mol. The number of pyridine rings is 1. The molecule has 0 unspecified atom stereocenters. The van der Waals surface area contributed by atoms with E-state index in [4.69, 9.17) is 19.9 Å². The molecule has 0 bridgehead atoms. The average Bonchev–Trinajstić information content (AvgIpc) is 3.39. The number of fused-ring (bicyclic) bond motifs is 1. The van der Waals surface area contributed by atoms with E-state index in [0.29, 0.717) is 48.4 Å². The van der Waals surface area contributed by atoms with E-state index in [2.05, 4.69) is 20.6 Å². The van der Waals surface area contributed by atoms with E-state index in [0.717, 1.165) is 22.5 Å². The van der Waals surface area contributed by atoms with Crippen molar-refractivity contribution in [3.05, 3.63) is 100 Å². The van der Waals surface area contributed by atoms with E-state index in [1.165, 1.54) is 12.1 Å². The van der Waals surface area contributed by atoms with Crippen LogP contribution in [0, 0.1) is 18.6 Å². The molecule has 0 aliphatic carbocycles. The lowest BCUT2D eigenvalue weighted by molar-refractivity contribution is -0.112. The second-order valence-corrected chi connectivity index (χ2v) is 8.74. The standard InChI is InChI=1S/C28H26F2N6O2/c1-3-38-17-10-21(29)19(22(30)11-17)13-33-24-7-5-4-6-18(24)26(31)28-35-25-15-37-14-20(25)27(36-28)34-23-8-9-32-12-16(23)2/h4-12,31,33H,3,13-15H2,1-2H3,(H,32,34,35,36)/p+1. The minimum atomic E-state index is -0.695. The highest BCUT2D eigenvalue weighted by molar-refractivity contribution is 6.10. The Bertz CT molecular complexity index is 1490. The first kappa shape index (κ1) is 25.2. The molecule has 1 aliphatic rings. The van der Waals surface area contributed by atoms with Gasteiger partial charge < -0.3 is 20.1 Å². The molecule has 4 aromatic rings. The van der Waals surface area contributed by atoms with Crippen molar-refractivity contribution >= 4 is 22.9 Å². The number of halogens is 2. The molecule has 0 radical (unpaired) electrons. The Balaban J connectivity index is 1.43. The maximum absolute atomic E-state index is 14.6. The topological polar surface area (TPSA) is 107 Å². The van der Waals surface area contributed by atoms with E-state index in [9.17, 15) is 8.78 Å². The van der Waals surface area contributed by atoms with Gasteiger partial charge in [-0.2, -0.15) is 0 Å². The number of benzene rings is 2. The zero-order chi connectivity index (χ0) is 26.6. The van der Waals surface area contributed by atoms with E-state index >= 15 is 0 Å². The maximum Gasteiger partial charge on any atom is 0.251 e. The Hall–Kier alpha value is -4.44. The first-order chi connectivity index (χ1) is 18.4. The molecule has 5 rings (SSSR count). The minimum absolute atomic E-state index is 0.0959. The normalized spacial score (nSPS) is 12.2. The number of ether oxygens (including phenoxy) is 2. The summed E-state index contributed by atoms with van der Waals surface area (Å²) in [6, 6.07) is 11.4. The summed E-state index contributed by atoms with van der Waals surface area (Å²) in [6.45, 7) is 4.65. The predicted octanol–water partition coefficient (Wildman–Crippen LogP) is 3.84. The number of aromatic nitrogens is 3. The summed E-state index contributed by atoms with van der Waals surface area (Å²) >= 11 is 0. The fraction of sp³-hybridized carbons (Fsp3) is 0.214. The lowest BCUT2D eigenvalue weighted by Crippen LogP contribution is -2.42. The summed E-state index contributed by atoms with van der Waals surface area (Å²) in [5.74, 6) is -0.327. The summed E-state index contributed by atoms with van der Waals surface area (Å²) in [5.41, 5.74) is 4.82. The number of nitrogens with one attached hydrogen (secondary N) is 2. The van der Waals surface area contributed by atoms with Gasteiger partial charge in [0.15, 0.2) is 0 Å². The second kappa shape index (κ2) is 10.9. The number of hydrogen-bond donors (Lipinski definition) is 3. The molecule has 0 fully saturated rings. The van der Waals surface area contributed by atoms with Gasteiger partial charge in [-0.1, -0.05) is 12.1 Å². The minimum Gasteiger partial charge on any atom is -0.494 e. The molecule has 4 N–H and O–H groups in total. The van der Waals surface area contributed by atoms with Gasteiger partial charge in [-0.3, -0.25) is 10.4 Å². The van der Waals surface area contributed by atoms with Crippen LogP contribution in [0.15, 0.2) is 54.9 Å². The van der Waals surface area contributed by atoms with Crippen LogP contribution in [0.25, 0.3) is 0 Å². The Kier molecular flexibility index (Phi) is 7.23. The zero-order valence-electron chi connectivity index (χ0n) is 21.0. The van der Waals surface area contributed by atoms with Gasteiger partial charge in [-0.15, -0.1) is 0 Å². The van der Waals surface area contributed by atoms with Crippen molar-refractivity contribution in [3.63, 3.8) is 0 Å². The van der Waals surface area contributed by atoms with Crippen LogP contribution in [0.5, 0.6) is 5.75 Å². The number of aryl methyl sites for hydroxylation is 1. The molecule has 2 aromatic heterocycles. The molecule has 10 heteroatoms. The number of anilines is 3. The fourth-order valence-corrected chi connectivity index (χ4v) is 4.19. The summed E-state index contributed by atoms with van der Waals surface area (Å²) < 4.78 is 40.1. The zero-order valence-corrected chi connectivity index (χ0v) is 21.0. The molecule has 0 spiro atoms. The van der Waals surface area contributed by atoms with Gasteiger partial charge >= 0.3 is 0 Å². The lowest BCUT2D eigenvalue weighted by atomic mass is 10.1. The predicted molar refractivity (Wildman–Crippen MR) is 139 cm³/mol. The molecule has 8 nitrogen and oxygen atoms in total. The Morgan fingerprint density at radius 3 is 2.63 bits per heavy atom. The third kappa shape index (κ3) is 5.16. The highest BCUT2D eigenvalue weighted by Crippen LogP contribution is 2.29. The van der Waals surface area contributed by atoms with E-state index in [-0.39, 0.29) is 17.9 Å². The first-order valence-electron chi connectivity index (χ1n) is 12.2. The Morgan fingerprint density at radius 1 is 1.08 bits per heavy atom. The van der Waals surface area contributed by atoms with Gasteiger partial charge in [0.2, 0.25) is 5.82 Å². The van der Waals surface area contributed by atoms with Gasteiger partial charge in [0.1, 0.15) is 23.2 Å². The molecule has 38 heavy (non-hydrogen) atoms. The lowest BCUT2D eigenvalue weighted by Gasteiger charge is -2.14. The molecule has 0 saturated carbocycles. The van der Waals surface area contributed by atoms with Gasteiger partial charge in [0.05, 0.1) is 31.1 Å². The van der Waals surface area contributed by atoms with Gasteiger partial charge in [-0.25, -0.2) is 18.7 Å². The van der Waals surface area contributed by atoms with Crippen LogP contribution in [0.4, 0.5) is 26.0 Å². The number of rotatable bonds is 9.